The van der Waals surface area contributed by atoms with Gasteiger partial charge in [-0.1, -0.05) is 31.3 Å². The summed E-state index contributed by atoms with van der Waals surface area (Å²) in [6, 6.07) is 0. The lowest BCUT2D eigenvalue weighted by atomic mass is 10.1. The van der Waals surface area contributed by atoms with Gasteiger partial charge in [-0.3, -0.25) is 0 Å². The van der Waals surface area contributed by atoms with Crippen LogP contribution in [0, 0.1) is 0 Å². The van der Waals surface area contributed by atoms with Gasteiger partial charge in [0.1, 0.15) is 0 Å². The van der Waals surface area contributed by atoms with Crippen molar-refractivity contribution in [3.63, 3.8) is 0 Å². The average molecular weight is 228 g/mol. The van der Waals surface area contributed by atoms with Gasteiger partial charge in [-0.15, -0.1) is 0 Å². The van der Waals surface area contributed by atoms with E-state index in [0.29, 0.717) is 13.2 Å². The number of ether oxygens (including phenoxy) is 1. The van der Waals surface area contributed by atoms with Crippen LogP contribution in [0.4, 0.5) is 0 Å². The Balaban J connectivity index is 3.21. The molecule has 1 N–H and O–H groups in total. The van der Waals surface area contributed by atoms with Crippen molar-refractivity contribution in [2.75, 3.05) is 13.2 Å². The predicted molar refractivity (Wildman–Crippen MR) is 65.2 cm³/mol. The first kappa shape index (κ1) is 15.2. The summed E-state index contributed by atoms with van der Waals surface area (Å²) in [5.74, 6) is -0.236. The van der Waals surface area contributed by atoms with Gasteiger partial charge in [0.15, 0.2) is 0 Å². The molecule has 0 aliphatic rings. The molecule has 0 bridgehead atoms. The molecule has 0 saturated heterocycles. The minimum Gasteiger partial charge on any atom is -0.463 e. The number of hydrogen-bond donors (Lipinski definition) is 1. The Labute approximate surface area is 98.5 Å². The molecule has 0 heterocycles. The predicted octanol–water partition coefficient (Wildman–Crippen LogP) is 2.83. The molecule has 0 unspecified atom stereocenters. The number of aliphatic hydroxyl groups excluding tert-OH is 1. The van der Waals surface area contributed by atoms with Gasteiger partial charge in [0.05, 0.1) is 6.61 Å². The van der Waals surface area contributed by atoms with Crippen LogP contribution in [0.25, 0.3) is 0 Å². The molecule has 0 spiro atoms. The molecule has 3 heteroatoms. The largest absolute Gasteiger partial charge is 0.463 e. The fourth-order valence-corrected chi connectivity index (χ4v) is 1.37. The van der Waals surface area contributed by atoms with Crippen molar-refractivity contribution in [3.8, 4) is 0 Å². The van der Waals surface area contributed by atoms with Crippen LogP contribution in [0.3, 0.4) is 0 Å². The minimum atomic E-state index is -0.236. The molecule has 0 saturated carbocycles. The van der Waals surface area contributed by atoms with Crippen molar-refractivity contribution >= 4 is 5.97 Å². The van der Waals surface area contributed by atoms with Crippen LogP contribution in [-0.4, -0.2) is 24.3 Å². The van der Waals surface area contributed by atoms with Gasteiger partial charge in [-0.2, -0.15) is 0 Å². The molecule has 0 atom stereocenters. The molecule has 0 aromatic heterocycles. The van der Waals surface area contributed by atoms with E-state index in [2.05, 4.69) is 0 Å². The molecule has 0 amide bonds. The van der Waals surface area contributed by atoms with Crippen LogP contribution in [-0.2, 0) is 9.53 Å². The lowest BCUT2D eigenvalue weighted by Crippen LogP contribution is -2.02. The number of esters is 1. The molecule has 0 fully saturated rings. The van der Waals surface area contributed by atoms with Crippen LogP contribution < -0.4 is 0 Å². The monoisotopic (exact) mass is 228 g/mol. The molecule has 0 aromatic rings. The average Bonchev–Trinajstić information content (AvgIpc) is 2.21. The molecule has 16 heavy (non-hydrogen) atoms. The smallest absolute Gasteiger partial charge is 0.330 e. The molecule has 0 aromatic carbocycles. The molecule has 0 aliphatic carbocycles. The van der Waals surface area contributed by atoms with Crippen LogP contribution in [0.2, 0.25) is 0 Å². The zero-order chi connectivity index (χ0) is 12.2. The van der Waals surface area contributed by atoms with Gasteiger partial charge in [-0.25, -0.2) is 4.79 Å². The van der Waals surface area contributed by atoms with E-state index in [4.69, 9.17) is 9.84 Å². The third-order valence-corrected chi connectivity index (χ3v) is 2.20. The Bertz CT molecular complexity index is 205. The second kappa shape index (κ2) is 10.7. The van der Waals surface area contributed by atoms with E-state index in [1.165, 1.54) is 6.08 Å². The van der Waals surface area contributed by atoms with E-state index in [1.807, 2.05) is 13.8 Å². The van der Waals surface area contributed by atoms with Gasteiger partial charge < -0.3 is 9.84 Å². The molecular formula is C13H24O3. The molecule has 94 valence electrons. The highest BCUT2D eigenvalue weighted by atomic mass is 16.5. The number of allylic oxidation sites excluding steroid dienone is 1. The number of hydrogen-bond acceptors (Lipinski definition) is 3. The topological polar surface area (TPSA) is 46.5 Å². The van der Waals surface area contributed by atoms with Crippen molar-refractivity contribution < 1.29 is 14.6 Å². The fraction of sp³-hybridized carbons (Fsp3) is 0.769. The summed E-state index contributed by atoms with van der Waals surface area (Å²) >= 11 is 0. The Hall–Kier alpha value is -0.830. The highest BCUT2D eigenvalue weighted by Gasteiger charge is 1.97. The van der Waals surface area contributed by atoms with Crippen LogP contribution in [0.15, 0.2) is 11.6 Å². The van der Waals surface area contributed by atoms with Crippen molar-refractivity contribution in [3.05, 3.63) is 11.6 Å². The van der Waals surface area contributed by atoms with Crippen molar-refractivity contribution in [1.82, 2.24) is 0 Å². The third kappa shape index (κ3) is 11.2. The first-order chi connectivity index (χ1) is 7.66. The van der Waals surface area contributed by atoms with Crippen LogP contribution in [0.5, 0.6) is 0 Å². The SMILES string of the molecule is CC(C)=CC(=O)OCCCCCCCCO. The Morgan fingerprint density at radius 1 is 1.06 bits per heavy atom. The Morgan fingerprint density at radius 2 is 1.62 bits per heavy atom. The lowest BCUT2D eigenvalue weighted by Gasteiger charge is -2.02. The van der Waals surface area contributed by atoms with E-state index in [9.17, 15) is 4.79 Å². The summed E-state index contributed by atoms with van der Waals surface area (Å²) in [7, 11) is 0. The summed E-state index contributed by atoms with van der Waals surface area (Å²) < 4.78 is 5.03. The number of carbonyl (C=O) groups excluding carboxylic acids is 1. The van der Waals surface area contributed by atoms with Gasteiger partial charge in [0.2, 0.25) is 0 Å². The zero-order valence-corrected chi connectivity index (χ0v) is 10.5. The van der Waals surface area contributed by atoms with E-state index < -0.39 is 0 Å². The summed E-state index contributed by atoms with van der Waals surface area (Å²) in [6.07, 6.45) is 7.84. The standard InChI is InChI=1S/C13H24O3/c1-12(2)11-13(15)16-10-8-6-4-3-5-7-9-14/h11,14H,3-10H2,1-2H3. The second-order valence-electron chi connectivity index (χ2n) is 4.23. The van der Waals surface area contributed by atoms with E-state index in [1.54, 1.807) is 0 Å². The van der Waals surface area contributed by atoms with E-state index in [-0.39, 0.29) is 5.97 Å². The first-order valence-electron chi connectivity index (χ1n) is 6.09. The Kier molecular flexibility index (Phi) is 10.1. The minimum absolute atomic E-state index is 0.236. The molecule has 0 rings (SSSR count). The maximum atomic E-state index is 11.1. The quantitative estimate of drug-likeness (QED) is 0.375. The third-order valence-electron chi connectivity index (χ3n) is 2.20. The number of aliphatic hydroxyl groups is 1. The van der Waals surface area contributed by atoms with Gasteiger partial charge in [0.25, 0.3) is 0 Å². The summed E-state index contributed by atoms with van der Waals surface area (Å²) in [5.41, 5.74) is 0.967. The van der Waals surface area contributed by atoms with Crippen molar-refractivity contribution in [1.29, 1.82) is 0 Å². The Morgan fingerprint density at radius 3 is 2.19 bits per heavy atom. The van der Waals surface area contributed by atoms with Gasteiger partial charge in [0, 0.05) is 12.7 Å². The highest BCUT2D eigenvalue weighted by molar-refractivity contribution is 5.82. The maximum Gasteiger partial charge on any atom is 0.330 e. The normalized spacial score (nSPS) is 9.94. The first-order valence-corrected chi connectivity index (χ1v) is 6.09. The maximum absolute atomic E-state index is 11.1. The lowest BCUT2D eigenvalue weighted by molar-refractivity contribution is -0.137. The molecule has 0 radical (unpaired) electrons. The summed E-state index contributed by atoms with van der Waals surface area (Å²) in [5, 5.41) is 8.58. The van der Waals surface area contributed by atoms with E-state index in [0.717, 1.165) is 44.1 Å². The van der Waals surface area contributed by atoms with Crippen molar-refractivity contribution in [2.24, 2.45) is 0 Å². The number of rotatable bonds is 9. The molecule has 3 nitrogen and oxygen atoms in total. The van der Waals surface area contributed by atoms with E-state index >= 15 is 0 Å². The number of carbonyl (C=O) groups is 1. The van der Waals surface area contributed by atoms with Gasteiger partial charge in [-0.05, 0) is 26.7 Å². The number of unbranched alkanes of at least 4 members (excludes halogenated alkanes) is 5. The van der Waals surface area contributed by atoms with Crippen LogP contribution >= 0.6 is 0 Å². The van der Waals surface area contributed by atoms with Crippen molar-refractivity contribution in [2.45, 2.75) is 52.4 Å². The van der Waals surface area contributed by atoms with Crippen LogP contribution in [0.1, 0.15) is 52.4 Å². The summed E-state index contributed by atoms with van der Waals surface area (Å²) in [6.45, 7) is 4.56. The highest BCUT2D eigenvalue weighted by Crippen LogP contribution is 2.05. The van der Waals surface area contributed by atoms with Gasteiger partial charge >= 0.3 is 5.97 Å². The fourth-order valence-electron chi connectivity index (χ4n) is 1.37. The molecule has 0 aliphatic heterocycles. The summed E-state index contributed by atoms with van der Waals surface area (Å²) in [4.78, 5) is 11.1. The zero-order valence-electron chi connectivity index (χ0n) is 10.5. The molecular weight excluding hydrogens is 204 g/mol. The second-order valence-corrected chi connectivity index (χ2v) is 4.23.